The first-order chi connectivity index (χ1) is 71.9. The molecule has 0 unspecified atom stereocenters. The van der Waals surface area contributed by atoms with Crippen LogP contribution in [0.1, 0.15) is 186 Å². The lowest BCUT2D eigenvalue weighted by molar-refractivity contribution is 0.0806. The number of hydrogen-bond donors (Lipinski definition) is 10. The summed E-state index contributed by atoms with van der Waals surface area (Å²) in [5.41, 5.74) is 30.8. The second-order valence-corrected chi connectivity index (χ2v) is 37.5. The Morgan fingerprint density at radius 2 is 0.667 bits per heavy atom. The van der Waals surface area contributed by atoms with Crippen molar-refractivity contribution in [2.45, 2.75) is 111 Å². The number of hydrogen-bond acceptors (Lipinski definition) is 26. The van der Waals surface area contributed by atoms with Crippen molar-refractivity contribution in [2.75, 3.05) is 35.2 Å². The first-order valence-corrected chi connectivity index (χ1v) is 47.2. The fourth-order valence-electron chi connectivity index (χ4n) is 19.8. The minimum atomic E-state index is -0.668. The fraction of sp³-hybridized carbons (Fsp3) is 0.200. The molecule has 0 bridgehead atoms. The maximum atomic E-state index is 13.2. The molecule has 5 amide bonds. The first-order valence-electron chi connectivity index (χ1n) is 47.2. The number of phenolic OH excluding ortho intramolecular Hbond substituents is 5. The van der Waals surface area contributed by atoms with Gasteiger partial charge in [-0.15, -0.1) is 0 Å². The highest BCUT2D eigenvalue weighted by Crippen LogP contribution is 2.47. The number of aromatic hydroxyl groups is 5. The molecule has 0 fully saturated rings. The summed E-state index contributed by atoms with van der Waals surface area (Å²) in [4.78, 5) is 115. The van der Waals surface area contributed by atoms with Gasteiger partial charge in [0, 0.05) is 158 Å². The van der Waals surface area contributed by atoms with E-state index >= 15 is 0 Å². The molecule has 0 spiro atoms. The topological polar surface area (TPSA) is 504 Å². The fourth-order valence-corrected chi connectivity index (χ4v) is 19.8. The molecule has 8 aromatic heterocycles. The van der Waals surface area contributed by atoms with Crippen molar-refractivity contribution >= 4 is 95.7 Å². The van der Waals surface area contributed by atoms with E-state index in [9.17, 15) is 76.3 Å². The Bertz CT molecular complexity index is 8440. The van der Waals surface area contributed by atoms with E-state index in [1.807, 2.05) is 37.3 Å². The number of halogens is 5. The summed E-state index contributed by atoms with van der Waals surface area (Å²) in [7, 11) is 8.37. The van der Waals surface area contributed by atoms with Gasteiger partial charge in [-0.25, -0.2) is 36.4 Å². The van der Waals surface area contributed by atoms with Gasteiger partial charge in [-0.2, -0.15) is 10.1 Å². The Hall–Kier alpha value is -18.8. The second-order valence-electron chi connectivity index (χ2n) is 37.5. The monoisotopic (exact) mass is 2030 g/mol. The first kappa shape index (κ1) is 99.9. The van der Waals surface area contributed by atoms with Crippen molar-refractivity contribution in [3.63, 3.8) is 0 Å². The summed E-state index contributed by atoms with van der Waals surface area (Å²) in [5.74, 6) is -2.23. The van der Waals surface area contributed by atoms with Crippen molar-refractivity contribution in [1.29, 1.82) is 5.41 Å². The molecule has 12 N–H and O–H groups in total. The Labute approximate surface area is 849 Å². The number of phenols is 5. The number of aromatic nitrogens is 12. The quantitative estimate of drug-likeness (QED) is 0.0111. The largest absolute Gasteiger partial charge is 0.505 e. The molecular weight excluding hydrogens is 1930 g/mol. The van der Waals surface area contributed by atoms with Gasteiger partial charge in [0.05, 0.1) is 40.2 Å². The molecule has 10 aromatic carbocycles. The molecule has 35 nitrogen and oxygen atoms in total. The average Bonchev–Trinajstić information content (AvgIpc) is 1.57. The SMILES string of the molecule is CN1Cc2c(c(O)c3ncc(Cc4ccc(F)cc4)cc3c2C/C(N)=N/O)C1=O.CN1Cc2c(c(O)c3ncc(Cc4ccc(F)cc4)cc3c2CC(=N)N)C1=O.CN1Cc2c(c(O)c3ncc(Cc4ccc(F)cc4)cc3c2Cc2noc(=O)[nH]2)C1=O.Cc1nc(Cc2c3c(c(O)c4ncc(Cc5ccc(F)cc5)cc24)C(=O)N(C)C3)no1.Cc1ncn(Cc2c3c(c(O)c4ncc(Cc5ccc(F)cc5)cc24)C(=O)N(C)C3)n1. The van der Waals surface area contributed by atoms with Crippen LogP contribution in [0.3, 0.4) is 0 Å². The van der Waals surface area contributed by atoms with Crippen molar-refractivity contribution in [3.05, 3.63) is 391 Å². The van der Waals surface area contributed by atoms with Gasteiger partial charge in [0.15, 0.2) is 40.4 Å². The van der Waals surface area contributed by atoms with Crippen LogP contribution in [-0.2, 0) is 97.1 Å². The predicted octanol–water partition coefficient (Wildman–Crippen LogP) is 14.5. The molecule has 23 rings (SSSR count). The number of fused-ring (bicyclic) bond motifs is 10. The molecule has 13 heterocycles. The van der Waals surface area contributed by atoms with E-state index in [1.165, 1.54) is 75.4 Å². The number of nitrogens with one attached hydrogen (secondary N) is 2. The van der Waals surface area contributed by atoms with Gasteiger partial charge in [-0.3, -0.25) is 63.8 Å². The average molecular weight is 2030 g/mol. The molecule has 5 aliphatic heterocycles. The van der Waals surface area contributed by atoms with Gasteiger partial charge in [-0.05, 0) is 241 Å². The lowest BCUT2D eigenvalue weighted by Gasteiger charge is -2.14. The molecule has 758 valence electrons. The van der Waals surface area contributed by atoms with E-state index in [0.29, 0.717) is 167 Å². The number of oxime groups is 1. The van der Waals surface area contributed by atoms with Crippen LogP contribution in [0.5, 0.6) is 28.7 Å². The van der Waals surface area contributed by atoms with Gasteiger partial charge in [0.25, 0.3) is 29.5 Å². The second kappa shape index (κ2) is 41.0. The van der Waals surface area contributed by atoms with Crippen LogP contribution in [-0.4, -0.2) is 192 Å². The van der Waals surface area contributed by atoms with Crippen LogP contribution < -0.4 is 17.2 Å². The maximum Gasteiger partial charge on any atom is 0.438 e. The number of pyridine rings is 5. The maximum absolute atomic E-state index is 13.2. The van der Waals surface area contributed by atoms with E-state index in [2.05, 4.69) is 65.0 Å². The van der Waals surface area contributed by atoms with E-state index in [4.69, 9.17) is 26.6 Å². The standard InChI is InChI=1S/C23H20FN5O2.C23H19FN4O3.C22H17FN4O4.C21H19FN4O3.C21H19FN4O2/c1-13-26-12-29(27-13)11-18-17-8-15(7-14-3-5-16(24)6-4-14)9-25-21(17)22(30)20-19(18)10-28(2)23(20)31;1-12-26-19(27-31-12)9-16-17-8-14(7-13-3-5-15(24)6-4-13)10-25-21(17)22(29)20-18(16)11-28(2)23(20)30;1-27-10-16-14(8-17-25-22(30)31-26-17)15-7-12(6-11-2-4-13(23)5-3-11)9-24-19(15)20(28)18(16)21(27)29;1-26-10-16-14(8-17(23)25-29)15-7-12(6-11-2-4-13(22)5-3-11)9-24-19(15)20(27)18(16)21(26)28;1-26-10-16-14(8-17(23)24)15-7-12(6-11-2-4-13(22)5-3-11)9-25-19(15)20(27)18(16)21(26)28/h3-6,8-9,12,30H,7,10-11H2,1-2H3;3-6,8,10,29H,7,9,11H2,1-2H3;2-5,7,9,28H,6,8,10H2,1H3,(H,25,26,30);2-5,7,9,27,29H,6,8,10H2,1H3,(H2,23,25);2-5,7,9,27H,6,8,10H2,1H3,(H3,23,24). The Morgan fingerprint density at radius 3 is 0.940 bits per heavy atom. The number of nitrogens with two attached hydrogens (primary N) is 2. The highest BCUT2D eigenvalue weighted by molar-refractivity contribution is 6.12. The predicted molar refractivity (Wildman–Crippen MR) is 540 cm³/mol. The summed E-state index contributed by atoms with van der Waals surface area (Å²) in [6.45, 7) is 5.70. The zero-order valence-electron chi connectivity index (χ0n) is 81.6. The number of H-pyrrole nitrogens is 1. The van der Waals surface area contributed by atoms with Gasteiger partial charge in [0.2, 0.25) is 5.89 Å². The molecule has 0 saturated carbocycles. The number of aryl methyl sites for hydroxylation is 2. The van der Waals surface area contributed by atoms with Gasteiger partial charge < -0.3 is 71.2 Å². The van der Waals surface area contributed by atoms with Crippen molar-refractivity contribution in [1.82, 2.24) is 84.5 Å². The summed E-state index contributed by atoms with van der Waals surface area (Å²) >= 11 is 0. The molecule has 0 atom stereocenters. The lowest BCUT2D eigenvalue weighted by atomic mass is 9.93. The van der Waals surface area contributed by atoms with Crippen LogP contribution in [0.25, 0.3) is 54.5 Å². The Morgan fingerprint density at radius 1 is 0.380 bits per heavy atom. The minimum absolute atomic E-state index is 0.00914. The van der Waals surface area contributed by atoms with Crippen LogP contribution in [0.4, 0.5) is 22.0 Å². The summed E-state index contributed by atoms with van der Waals surface area (Å²) < 4.78 is 77.4. The molecule has 0 saturated heterocycles. The molecule has 5 aliphatic rings. The number of aromatic amines is 1. The number of benzene rings is 10. The van der Waals surface area contributed by atoms with Gasteiger partial charge >= 0.3 is 5.76 Å². The molecular formula is C110H94F5N21O14. The van der Waals surface area contributed by atoms with Crippen LogP contribution in [0.2, 0.25) is 0 Å². The number of carbonyl (C=O) groups excluding carboxylic acids is 5. The smallest absolute Gasteiger partial charge is 0.438 e. The molecule has 40 heteroatoms. The van der Waals surface area contributed by atoms with Crippen LogP contribution >= 0.6 is 0 Å². The third kappa shape index (κ3) is 20.1. The number of carbonyl (C=O) groups is 5. The molecule has 0 radical (unpaired) electrons. The number of rotatable bonds is 20. The van der Waals surface area contributed by atoms with E-state index in [0.717, 1.165) is 99.8 Å². The lowest BCUT2D eigenvalue weighted by Crippen LogP contribution is -2.17. The van der Waals surface area contributed by atoms with E-state index in [1.54, 1.807) is 155 Å². The number of amidine groups is 2. The van der Waals surface area contributed by atoms with Gasteiger partial charge in [0.1, 0.15) is 74.7 Å². The third-order valence-corrected chi connectivity index (χ3v) is 26.9. The summed E-state index contributed by atoms with van der Waals surface area (Å²) in [5, 5.41) is 89.4. The molecule has 150 heavy (non-hydrogen) atoms. The van der Waals surface area contributed by atoms with Crippen molar-refractivity contribution in [3.8, 4) is 28.7 Å². The zero-order chi connectivity index (χ0) is 106. The molecule has 18 aromatic rings. The summed E-state index contributed by atoms with van der Waals surface area (Å²) in [6, 6.07) is 40.9. The van der Waals surface area contributed by atoms with Crippen molar-refractivity contribution in [2.24, 2.45) is 16.6 Å². The number of amides is 5. The van der Waals surface area contributed by atoms with E-state index < -0.39 is 5.76 Å². The molecule has 0 aliphatic carbocycles. The Balaban J connectivity index is 0.000000118. The van der Waals surface area contributed by atoms with Crippen molar-refractivity contribution < 1.29 is 85.7 Å². The van der Waals surface area contributed by atoms with Gasteiger partial charge in [-0.1, -0.05) is 76.1 Å². The normalized spacial score (nSPS) is 13.4. The highest BCUT2D eigenvalue weighted by Gasteiger charge is 2.40. The Kier molecular flexibility index (Phi) is 27.3. The van der Waals surface area contributed by atoms with E-state index in [-0.39, 0.29) is 146 Å². The minimum Gasteiger partial charge on any atom is -0.505 e. The summed E-state index contributed by atoms with van der Waals surface area (Å²) in [6.07, 6.45) is 13.4. The van der Waals surface area contributed by atoms with Crippen LogP contribution in [0, 0.1) is 48.3 Å². The third-order valence-electron chi connectivity index (χ3n) is 26.9. The highest BCUT2D eigenvalue weighted by atomic mass is 19.1. The number of nitrogens with zero attached hydrogens (tertiary/aromatic N) is 17. The van der Waals surface area contributed by atoms with Crippen LogP contribution in [0.15, 0.2) is 208 Å². The zero-order valence-corrected chi connectivity index (χ0v) is 81.6.